The highest BCUT2D eigenvalue weighted by Crippen LogP contribution is 2.35. The molecular formula is C30H19Cl2N3O2S. The molecule has 0 unspecified atom stereocenters. The van der Waals surface area contributed by atoms with Gasteiger partial charge in [-0.15, -0.1) is 0 Å². The highest BCUT2D eigenvalue weighted by atomic mass is 35.5. The predicted octanol–water partition coefficient (Wildman–Crippen LogP) is 6.98. The molecule has 2 heterocycles. The fourth-order valence-corrected chi connectivity index (χ4v) is 5.41. The number of para-hydroxylation sites is 1. The molecule has 1 aliphatic rings. The van der Waals surface area contributed by atoms with Crippen LogP contribution in [-0.4, -0.2) is 21.5 Å². The molecule has 5 nitrogen and oxygen atoms in total. The van der Waals surface area contributed by atoms with Gasteiger partial charge >= 0.3 is 0 Å². The zero-order valence-electron chi connectivity index (χ0n) is 19.8. The molecule has 8 heteroatoms. The summed E-state index contributed by atoms with van der Waals surface area (Å²) in [4.78, 5) is 27.7. The first-order chi connectivity index (χ1) is 18.4. The normalized spacial score (nSPS) is 15.1. The maximum atomic E-state index is 13.6. The smallest absolute Gasteiger partial charge is 0.270 e. The minimum absolute atomic E-state index is 0.0525. The van der Waals surface area contributed by atoms with Crippen molar-refractivity contribution in [3.63, 3.8) is 0 Å². The molecule has 0 saturated carbocycles. The highest BCUT2D eigenvalue weighted by molar-refractivity contribution is 7.80. The summed E-state index contributed by atoms with van der Waals surface area (Å²) < 4.78 is 2.12. The summed E-state index contributed by atoms with van der Waals surface area (Å²) in [5.41, 5.74) is 3.12. The lowest BCUT2D eigenvalue weighted by molar-refractivity contribution is -0.122. The first-order valence-corrected chi connectivity index (χ1v) is 13.0. The number of nitrogens with zero attached hydrogens (tertiary/aromatic N) is 2. The number of halogens is 2. The van der Waals surface area contributed by atoms with E-state index in [0.29, 0.717) is 12.2 Å². The van der Waals surface area contributed by atoms with Crippen LogP contribution in [-0.2, 0) is 16.1 Å². The van der Waals surface area contributed by atoms with Gasteiger partial charge in [0.25, 0.3) is 11.8 Å². The van der Waals surface area contributed by atoms with Gasteiger partial charge in [-0.2, -0.15) is 0 Å². The van der Waals surface area contributed by atoms with E-state index in [1.165, 1.54) is 15.7 Å². The molecule has 0 atom stereocenters. The maximum absolute atomic E-state index is 13.6. The molecule has 4 aromatic carbocycles. The largest absolute Gasteiger partial charge is 0.342 e. The summed E-state index contributed by atoms with van der Waals surface area (Å²) in [5, 5.41) is 6.27. The van der Waals surface area contributed by atoms with Crippen LogP contribution in [0, 0.1) is 0 Å². The van der Waals surface area contributed by atoms with Gasteiger partial charge in [0.15, 0.2) is 5.11 Å². The average molecular weight is 556 g/mol. The first-order valence-electron chi connectivity index (χ1n) is 11.8. The molecule has 1 fully saturated rings. The average Bonchev–Trinajstić information content (AvgIpc) is 3.25. The quantitative estimate of drug-likeness (QED) is 0.148. The molecule has 38 heavy (non-hydrogen) atoms. The Labute approximate surface area is 233 Å². The summed E-state index contributed by atoms with van der Waals surface area (Å²) >= 11 is 17.9. The minimum atomic E-state index is -0.575. The number of anilines is 1. The lowest BCUT2D eigenvalue weighted by Crippen LogP contribution is -2.54. The van der Waals surface area contributed by atoms with Crippen molar-refractivity contribution in [1.82, 2.24) is 9.88 Å². The Bertz CT molecular complexity index is 1830. The molecule has 6 rings (SSSR count). The van der Waals surface area contributed by atoms with E-state index in [-0.39, 0.29) is 20.7 Å². The van der Waals surface area contributed by atoms with Gasteiger partial charge in [0, 0.05) is 29.2 Å². The van der Waals surface area contributed by atoms with Crippen molar-refractivity contribution < 1.29 is 9.59 Å². The van der Waals surface area contributed by atoms with Crippen molar-refractivity contribution in [3.8, 4) is 0 Å². The van der Waals surface area contributed by atoms with E-state index >= 15 is 0 Å². The summed E-state index contributed by atoms with van der Waals surface area (Å²) in [5.74, 6) is -1.14. The topological polar surface area (TPSA) is 54.3 Å². The van der Waals surface area contributed by atoms with Crippen molar-refractivity contribution >= 4 is 85.8 Å². The first kappa shape index (κ1) is 24.4. The Morgan fingerprint density at radius 3 is 2.47 bits per heavy atom. The second-order valence-corrected chi connectivity index (χ2v) is 10.1. The minimum Gasteiger partial charge on any atom is -0.342 e. The Balaban J connectivity index is 1.41. The summed E-state index contributed by atoms with van der Waals surface area (Å²) in [7, 11) is 0. The lowest BCUT2D eigenvalue weighted by Gasteiger charge is -2.29. The third kappa shape index (κ3) is 4.27. The van der Waals surface area contributed by atoms with Gasteiger partial charge in [0.05, 0.1) is 15.7 Å². The van der Waals surface area contributed by atoms with Gasteiger partial charge in [-0.25, -0.2) is 0 Å². The van der Waals surface area contributed by atoms with Gasteiger partial charge < -0.3 is 4.57 Å². The van der Waals surface area contributed by atoms with Crippen molar-refractivity contribution in [3.05, 3.63) is 118 Å². The van der Waals surface area contributed by atoms with E-state index in [1.54, 1.807) is 24.3 Å². The molecule has 0 spiro atoms. The standard InChI is InChI=1S/C30H19Cl2N3O2S/c31-24-9-5-11-26(27(24)32)35-29(37)23(28(36)33-30(35)38)15-21-17-34(25-10-4-3-8-22(21)25)16-18-12-13-19-6-1-2-7-20(19)14-18/h1-15,17H,16H2,(H,33,36,38). The van der Waals surface area contributed by atoms with E-state index in [0.717, 1.165) is 22.0 Å². The molecule has 2 amide bonds. The molecular weight excluding hydrogens is 537 g/mol. The SMILES string of the molecule is O=C1NC(=S)N(c2cccc(Cl)c2Cl)C(=O)C1=Cc1cn(Cc2ccc3ccccc3c2)c2ccccc12. The number of aromatic nitrogens is 1. The van der Waals surface area contributed by atoms with E-state index in [9.17, 15) is 9.59 Å². The summed E-state index contributed by atoms with van der Waals surface area (Å²) in [6, 6.07) is 27.4. The fourth-order valence-electron chi connectivity index (χ4n) is 4.75. The van der Waals surface area contributed by atoms with Gasteiger partial charge in [0.1, 0.15) is 5.57 Å². The van der Waals surface area contributed by atoms with Crippen molar-refractivity contribution in [2.24, 2.45) is 0 Å². The molecule has 186 valence electrons. The Morgan fingerprint density at radius 1 is 0.868 bits per heavy atom. The Morgan fingerprint density at radius 2 is 1.63 bits per heavy atom. The molecule has 5 aromatic rings. The number of nitrogens with one attached hydrogen (secondary N) is 1. The number of rotatable bonds is 4. The van der Waals surface area contributed by atoms with E-state index < -0.39 is 11.8 Å². The van der Waals surface area contributed by atoms with Crippen LogP contribution in [0.3, 0.4) is 0 Å². The number of thiocarbonyl (C=S) groups is 1. The molecule has 1 saturated heterocycles. The monoisotopic (exact) mass is 555 g/mol. The second-order valence-electron chi connectivity index (χ2n) is 8.94. The molecule has 0 aliphatic carbocycles. The molecule has 1 aliphatic heterocycles. The number of hydrogen-bond donors (Lipinski definition) is 1. The number of amides is 2. The van der Waals surface area contributed by atoms with E-state index in [2.05, 4.69) is 40.2 Å². The van der Waals surface area contributed by atoms with Crippen molar-refractivity contribution in [2.75, 3.05) is 4.90 Å². The van der Waals surface area contributed by atoms with Gasteiger partial charge in [0.2, 0.25) is 0 Å². The van der Waals surface area contributed by atoms with Gasteiger partial charge in [-0.3, -0.25) is 19.8 Å². The van der Waals surface area contributed by atoms with Crippen LogP contribution in [0.5, 0.6) is 0 Å². The van der Waals surface area contributed by atoms with Crippen LogP contribution in [0.4, 0.5) is 5.69 Å². The molecule has 0 bridgehead atoms. The van der Waals surface area contributed by atoms with Gasteiger partial charge in [-0.05, 0) is 58.9 Å². The Hall–Kier alpha value is -3.97. The molecule has 1 N–H and O–H groups in total. The Kier molecular flexibility index (Phi) is 6.24. The zero-order chi connectivity index (χ0) is 26.4. The van der Waals surface area contributed by atoms with E-state index in [1.807, 2.05) is 42.6 Å². The summed E-state index contributed by atoms with van der Waals surface area (Å²) in [6.45, 7) is 0.628. The van der Waals surface area contributed by atoms with Crippen LogP contribution in [0.2, 0.25) is 10.0 Å². The van der Waals surface area contributed by atoms with Crippen LogP contribution in [0.25, 0.3) is 27.8 Å². The number of carbonyl (C=O) groups excluding carboxylic acids is 2. The van der Waals surface area contributed by atoms with Crippen molar-refractivity contribution in [1.29, 1.82) is 0 Å². The molecule has 0 radical (unpaired) electrons. The van der Waals surface area contributed by atoms with Crippen LogP contribution >= 0.6 is 35.4 Å². The lowest BCUT2D eigenvalue weighted by atomic mass is 10.1. The predicted molar refractivity (Wildman–Crippen MR) is 158 cm³/mol. The van der Waals surface area contributed by atoms with E-state index in [4.69, 9.17) is 35.4 Å². The molecule has 1 aromatic heterocycles. The number of fused-ring (bicyclic) bond motifs is 2. The van der Waals surface area contributed by atoms with Gasteiger partial charge in [-0.1, -0.05) is 83.9 Å². The third-order valence-corrected chi connectivity index (χ3v) is 7.65. The fraction of sp³-hybridized carbons (Fsp3) is 0.0333. The maximum Gasteiger partial charge on any atom is 0.270 e. The highest BCUT2D eigenvalue weighted by Gasteiger charge is 2.36. The van der Waals surface area contributed by atoms with Crippen LogP contribution < -0.4 is 10.2 Å². The van der Waals surface area contributed by atoms with Crippen molar-refractivity contribution in [2.45, 2.75) is 6.54 Å². The number of carbonyl (C=O) groups is 2. The number of benzene rings is 4. The zero-order valence-corrected chi connectivity index (χ0v) is 22.1. The number of hydrogen-bond acceptors (Lipinski definition) is 3. The van der Waals surface area contributed by atoms with Crippen LogP contribution in [0.1, 0.15) is 11.1 Å². The van der Waals surface area contributed by atoms with Crippen LogP contribution in [0.15, 0.2) is 96.7 Å². The second kappa shape index (κ2) is 9.72. The summed E-state index contributed by atoms with van der Waals surface area (Å²) in [6.07, 6.45) is 3.56. The third-order valence-electron chi connectivity index (χ3n) is 6.56.